The summed E-state index contributed by atoms with van der Waals surface area (Å²) in [5.41, 5.74) is 0. The molecule has 0 fully saturated rings. The van der Waals surface area contributed by atoms with Crippen LogP contribution < -0.4 is 48.0 Å². The Morgan fingerprint density at radius 1 is 1.00 bits per heavy atom. The lowest BCUT2D eigenvalue weighted by atomic mass is 10.3. The smallest absolute Gasteiger partial charge is 0.311 e. The molecule has 0 saturated carbocycles. The topological polar surface area (TPSA) is 26.3 Å². The first-order chi connectivity index (χ1) is 8.12. The zero-order valence-corrected chi connectivity index (χ0v) is 18.4. The van der Waals surface area contributed by atoms with Crippen LogP contribution >= 0.6 is 0 Å². The number of carbonyl (C=O) groups is 1. The van der Waals surface area contributed by atoms with Crippen molar-refractivity contribution in [2.75, 3.05) is 54.4 Å². The molecule has 0 bridgehead atoms. The van der Waals surface area contributed by atoms with Crippen molar-refractivity contribution in [3.63, 3.8) is 0 Å². The van der Waals surface area contributed by atoms with Gasteiger partial charge in [0.25, 0.3) is 0 Å². The monoisotopic (exact) mass is 514 g/mol. The summed E-state index contributed by atoms with van der Waals surface area (Å²) >= 11 is 0. The number of carbonyl (C=O) groups excluding carboxylic acids is 1. The van der Waals surface area contributed by atoms with Gasteiger partial charge < -0.3 is 61.7 Å². The van der Waals surface area contributed by atoms with Gasteiger partial charge >= 0.3 is 5.97 Å². The molecule has 0 saturated heterocycles. The van der Waals surface area contributed by atoms with Crippen LogP contribution in [0.1, 0.15) is 27.2 Å². The number of hydrogen-bond donors (Lipinski definition) is 0. The summed E-state index contributed by atoms with van der Waals surface area (Å²) in [6.45, 7) is 10.0. The van der Waals surface area contributed by atoms with Crippen molar-refractivity contribution in [3.8, 4) is 0 Å². The highest BCUT2D eigenvalue weighted by atomic mass is 127. The van der Waals surface area contributed by atoms with Crippen molar-refractivity contribution >= 4 is 5.97 Å². The first-order valence-corrected chi connectivity index (χ1v) is 6.95. The Hall–Kier alpha value is 0.850. The van der Waals surface area contributed by atoms with Crippen LogP contribution in [0, 0.1) is 0 Å². The van der Waals surface area contributed by atoms with Crippen molar-refractivity contribution in [1.82, 2.24) is 0 Å². The molecule has 0 aliphatic heterocycles. The third-order valence-electron chi connectivity index (χ3n) is 3.72. The molecule has 0 aromatic carbocycles. The molecule has 0 N–H and O–H groups in total. The van der Waals surface area contributed by atoms with E-state index in [1.807, 2.05) is 6.92 Å². The Labute approximate surface area is 159 Å². The first kappa shape index (κ1) is 25.8. The van der Waals surface area contributed by atoms with E-state index in [-0.39, 0.29) is 60.0 Å². The van der Waals surface area contributed by atoms with Crippen molar-refractivity contribution in [3.05, 3.63) is 0 Å². The Balaban J connectivity index is -0.00000144. The molecule has 0 heterocycles. The van der Waals surface area contributed by atoms with E-state index in [1.165, 1.54) is 0 Å². The van der Waals surface area contributed by atoms with Crippen LogP contribution in [0.2, 0.25) is 0 Å². The molecule has 0 aromatic rings. The van der Waals surface area contributed by atoms with Gasteiger partial charge in [0.05, 0.1) is 54.2 Å². The third kappa shape index (κ3) is 12.6. The molecule has 1 unspecified atom stereocenters. The molecular formula is C14H32I2N2O2. The van der Waals surface area contributed by atoms with Crippen molar-refractivity contribution in [1.29, 1.82) is 0 Å². The summed E-state index contributed by atoms with van der Waals surface area (Å²) in [5.74, 6) is -0.0711. The molecule has 4 nitrogen and oxygen atoms in total. The molecule has 0 aliphatic carbocycles. The van der Waals surface area contributed by atoms with Crippen LogP contribution in [0.15, 0.2) is 0 Å². The molecule has 0 radical (unpaired) electrons. The Morgan fingerprint density at radius 2 is 1.45 bits per heavy atom. The van der Waals surface area contributed by atoms with Gasteiger partial charge in [-0.25, -0.2) is 0 Å². The minimum absolute atomic E-state index is 0. The van der Waals surface area contributed by atoms with Gasteiger partial charge in [-0.05, 0) is 20.8 Å². The van der Waals surface area contributed by atoms with Gasteiger partial charge in [0.2, 0.25) is 0 Å². The van der Waals surface area contributed by atoms with Crippen LogP contribution in [-0.2, 0) is 9.53 Å². The minimum atomic E-state index is -0.0711. The van der Waals surface area contributed by atoms with Crippen LogP contribution in [0.4, 0.5) is 0 Å². The standard InChI is InChI=1S/C14H32N2O2.2HI/c1-8-15(4,5)11-10-14(17)18-13(3)12-16(6,7)9-2;;/h13H,8-12H2,1-7H3;2*1H/q+2;;/p-2. The van der Waals surface area contributed by atoms with E-state index in [9.17, 15) is 4.79 Å². The average Bonchev–Trinajstić information content (AvgIpc) is 2.26. The Kier molecular flexibility index (Phi) is 14.7. The molecule has 6 heteroatoms. The summed E-state index contributed by atoms with van der Waals surface area (Å²) in [7, 11) is 8.57. The van der Waals surface area contributed by atoms with E-state index >= 15 is 0 Å². The third-order valence-corrected chi connectivity index (χ3v) is 3.72. The summed E-state index contributed by atoms with van der Waals surface area (Å²) < 4.78 is 7.20. The van der Waals surface area contributed by atoms with Gasteiger partial charge in [-0.15, -0.1) is 0 Å². The fourth-order valence-electron chi connectivity index (χ4n) is 1.70. The number of ether oxygens (including phenoxy) is 1. The summed E-state index contributed by atoms with van der Waals surface area (Å²) in [4.78, 5) is 11.8. The van der Waals surface area contributed by atoms with Crippen molar-refractivity contribution in [2.24, 2.45) is 0 Å². The van der Waals surface area contributed by atoms with E-state index in [2.05, 4.69) is 42.0 Å². The van der Waals surface area contributed by atoms with Gasteiger partial charge in [0.15, 0.2) is 0 Å². The van der Waals surface area contributed by atoms with Gasteiger partial charge in [0.1, 0.15) is 12.6 Å². The van der Waals surface area contributed by atoms with Crippen LogP contribution in [0.5, 0.6) is 0 Å². The number of hydrogen-bond acceptors (Lipinski definition) is 2. The lowest BCUT2D eigenvalue weighted by Crippen LogP contribution is -3.00. The fraction of sp³-hybridized carbons (Fsp3) is 0.929. The maximum Gasteiger partial charge on any atom is 0.311 e. The zero-order valence-electron chi connectivity index (χ0n) is 14.1. The largest absolute Gasteiger partial charge is 1.00 e. The predicted molar refractivity (Wildman–Crippen MR) is 75.2 cm³/mol. The highest BCUT2D eigenvalue weighted by molar-refractivity contribution is 5.69. The molecule has 1 atom stereocenters. The summed E-state index contributed by atoms with van der Waals surface area (Å²) in [6, 6.07) is 0. The number of likely N-dealkylation sites (N-methyl/N-ethyl adjacent to an activating group) is 1. The van der Waals surface area contributed by atoms with Crippen molar-refractivity contribution < 1.29 is 66.5 Å². The number of rotatable bonds is 8. The maximum absolute atomic E-state index is 11.8. The Bertz CT molecular complexity index is 272. The second kappa shape index (κ2) is 11.4. The summed E-state index contributed by atoms with van der Waals surface area (Å²) in [6.07, 6.45) is 0.495. The van der Waals surface area contributed by atoms with E-state index in [0.717, 1.165) is 35.1 Å². The first-order valence-electron chi connectivity index (χ1n) is 6.95. The van der Waals surface area contributed by atoms with Gasteiger partial charge in [-0.1, -0.05) is 0 Å². The number of esters is 1. The number of nitrogens with zero attached hydrogens (tertiary/aromatic N) is 2. The summed E-state index contributed by atoms with van der Waals surface area (Å²) in [5, 5.41) is 0. The minimum Gasteiger partial charge on any atom is -1.00 e. The molecule has 124 valence electrons. The van der Waals surface area contributed by atoms with Gasteiger partial charge in [0, 0.05) is 0 Å². The molecule has 0 rings (SSSR count). The van der Waals surface area contributed by atoms with Crippen LogP contribution in [-0.4, -0.2) is 75.4 Å². The molecule has 0 aromatic heterocycles. The highest BCUT2D eigenvalue weighted by Gasteiger charge is 2.21. The van der Waals surface area contributed by atoms with Gasteiger partial charge in [-0.3, -0.25) is 4.79 Å². The van der Waals surface area contributed by atoms with Gasteiger partial charge in [-0.2, -0.15) is 0 Å². The second-order valence-corrected chi connectivity index (χ2v) is 6.46. The molecular weight excluding hydrogens is 482 g/mol. The zero-order chi connectivity index (χ0) is 14.4. The van der Waals surface area contributed by atoms with E-state index in [4.69, 9.17) is 4.74 Å². The fourth-order valence-corrected chi connectivity index (χ4v) is 1.70. The lowest BCUT2D eigenvalue weighted by molar-refractivity contribution is -0.891. The Morgan fingerprint density at radius 3 is 1.85 bits per heavy atom. The molecule has 0 aliphatic rings. The van der Waals surface area contributed by atoms with E-state index < -0.39 is 0 Å². The van der Waals surface area contributed by atoms with Crippen LogP contribution in [0.25, 0.3) is 0 Å². The SMILES string of the molecule is CC[N+](C)(C)CCC(=O)OC(C)C[N+](C)(C)CC.[I-].[I-]. The number of halogens is 2. The van der Waals surface area contributed by atoms with E-state index in [0.29, 0.717) is 6.42 Å². The number of quaternary nitrogens is 2. The molecule has 20 heavy (non-hydrogen) atoms. The quantitative estimate of drug-likeness (QED) is 0.186. The second-order valence-electron chi connectivity index (χ2n) is 6.46. The maximum atomic E-state index is 11.8. The molecule has 0 spiro atoms. The van der Waals surface area contributed by atoms with Crippen LogP contribution in [0.3, 0.4) is 0 Å². The average molecular weight is 514 g/mol. The highest BCUT2D eigenvalue weighted by Crippen LogP contribution is 2.05. The lowest BCUT2D eigenvalue weighted by Gasteiger charge is -2.31. The van der Waals surface area contributed by atoms with Crippen molar-refractivity contribution in [2.45, 2.75) is 33.3 Å². The van der Waals surface area contributed by atoms with E-state index in [1.54, 1.807) is 0 Å². The molecule has 0 amide bonds. The normalized spacial score (nSPS) is 12.9. The predicted octanol–water partition coefficient (Wildman–Crippen LogP) is -4.49.